The Morgan fingerprint density at radius 1 is 1.18 bits per heavy atom. The van der Waals surface area contributed by atoms with Crippen LogP contribution in [0.1, 0.15) is 5.56 Å². The third-order valence-corrected chi connectivity index (χ3v) is 2.94. The molecule has 0 radical (unpaired) electrons. The summed E-state index contributed by atoms with van der Waals surface area (Å²) in [6.07, 6.45) is 0. The van der Waals surface area contributed by atoms with Gasteiger partial charge in [-0.25, -0.2) is 0 Å². The summed E-state index contributed by atoms with van der Waals surface area (Å²) in [5.41, 5.74) is 0.869. The summed E-state index contributed by atoms with van der Waals surface area (Å²) in [5.74, 6) is 0.294. The van der Waals surface area contributed by atoms with Gasteiger partial charge < -0.3 is 10.0 Å². The average molecular weight is 236 g/mol. The monoisotopic (exact) mass is 236 g/mol. The fraction of sp³-hybridized carbons (Fsp3) is 0.500. The number of rotatable bonds is 3. The van der Waals surface area contributed by atoms with E-state index in [1.807, 2.05) is 26.2 Å². The third-order valence-electron chi connectivity index (χ3n) is 2.94. The Hall–Kier alpha value is -1.14. The van der Waals surface area contributed by atoms with Gasteiger partial charge in [-0.3, -0.25) is 16.0 Å². The lowest BCUT2D eigenvalue weighted by Gasteiger charge is -2.42. The fourth-order valence-electron chi connectivity index (χ4n) is 2.18. The zero-order valence-corrected chi connectivity index (χ0v) is 10.3. The first-order valence-electron chi connectivity index (χ1n) is 5.77. The SMILES string of the molecule is CN(C)CC1(c2ccc(O)cc2)NCNCN1. The number of likely N-dealkylation sites (N-methyl/N-ethyl adjacent to an activating group) is 1. The quantitative estimate of drug-likeness (QED) is 0.586. The molecule has 1 heterocycles. The highest BCUT2D eigenvalue weighted by Crippen LogP contribution is 2.22. The van der Waals surface area contributed by atoms with Crippen molar-refractivity contribution >= 4 is 0 Å². The second-order valence-corrected chi connectivity index (χ2v) is 4.65. The van der Waals surface area contributed by atoms with E-state index >= 15 is 0 Å². The van der Waals surface area contributed by atoms with Gasteiger partial charge >= 0.3 is 0 Å². The molecule has 1 aromatic carbocycles. The minimum Gasteiger partial charge on any atom is -0.508 e. The summed E-state index contributed by atoms with van der Waals surface area (Å²) in [7, 11) is 4.10. The molecule has 17 heavy (non-hydrogen) atoms. The van der Waals surface area contributed by atoms with Gasteiger partial charge in [-0.15, -0.1) is 0 Å². The Balaban J connectivity index is 2.28. The highest BCUT2D eigenvalue weighted by Gasteiger charge is 2.33. The molecule has 94 valence electrons. The molecule has 1 aliphatic heterocycles. The summed E-state index contributed by atoms with van der Waals surface area (Å²) in [6, 6.07) is 7.34. The molecule has 0 amide bonds. The van der Waals surface area contributed by atoms with Crippen LogP contribution in [0.25, 0.3) is 0 Å². The van der Waals surface area contributed by atoms with Gasteiger partial charge in [0.1, 0.15) is 11.4 Å². The maximum Gasteiger partial charge on any atom is 0.115 e. The maximum atomic E-state index is 9.36. The average Bonchev–Trinajstić information content (AvgIpc) is 2.30. The first kappa shape index (κ1) is 12.3. The predicted octanol–water partition coefficient (Wildman–Crippen LogP) is -0.196. The Morgan fingerprint density at radius 2 is 1.76 bits per heavy atom. The number of hydrogen-bond acceptors (Lipinski definition) is 5. The zero-order chi connectivity index (χ0) is 12.3. The molecule has 1 aliphatic rings. The van der Waals surface area contributed by atoms with Crippen LogP contribution in [-0.2, 0) is 5.66 Å². The molecule has 4 N–H and O–H groups in total. The van der Waals surface area contributed by atoms with E-state index in [1.165, 1.54) is 0 Å². The standard InChI is InChI=1S/C12H20N4O/c1-16(2)7-12(14-8-13-9-15-12)10-3-5-11(17)6-4-10/h3-6,13-15,17H,7-9H2,1-2H3. The van der Waals surface area contributed by atoms with E-state index in [1.54, 1.807) is 12.1 Å². The number of benzene rings is 1. The van der Waals surface area contributed by atoms with Crippen LogP contribution in [0.3, 0.4) is 0 Å². The Labute approximate surface area is 102 Å². The zero-order valence-electron chi connectivity index (χ0n) is 10.3. The van der Waals surface area contributed by atoms with Crippen LogP contribution >= 0.6 is 0 Å². The molecule has 5 nitrogen and oxygen atoms in total. The van der Waals surface area contributed by atoms with Crippen molar-refractivity contribution in [2.75, 3.05) is 34.0 Å². The molecule has 0 bridgehead atoms. The van der Waals surface area contributed by atoms with Crippen molar-refractivity contribution in [3.8, 4) is 5.75 Å². The molecule has 0 spiro atoms. The number of phenols is 1. The minimum atomic E-state index is -0.261. The number of aromatic hydroxyl groups is 1. The predicted molar refractivity (Wildman–Crippen MR) is 67.5 cm³/mol. The van der Waals surface area contributed by atoms with Crippen LogP contribution < -0.4 is 16.0 Å². The fourth-order valence-corrected chi connectivity index (χ4v) is 2.18. The minimum absolute atomic E-state index is 0.261. The molecule has 0 atom stereocenters. The van der Waals surface area contributed by atoms with Gasteiger partial charge in [0.15, 0.2) is 0 Å². The van der Waals surface area contributed by atoms with Crippen molar-refractivity contribution in [1.29, 1.82) is 0 Å². The lowest BCUT2D eigenvalue weighted by atomic mass is 9.98. The Bertz CT molecular complexity index is 357. The van der Waals surface area contributed by atoms with Gasteiger partial charge in [0, 0.05) is 19.9 Å². The summed E-state index contributed by atoms with van der Waals surface area (Å²) in [5, 5.41) is 19.5. The van der Waals surface area contributed by atoms with Gasteiger partial charge in [-0.05, 0) is 31.8 Å². The van der Waals surface area contributed by atoms with Crippen molar-refractivity contribution < 1.29 is 5.11 Å². The van der Waals surface area contributed by atoms with E-state index < -0.39 is 0 Å². The van der Waals surface area contributed by atoms with Gasteiger partial charge in [0.05, 0.1) is 0 Å². The smallest absolute Gasteiger partial charge is 0.115 e. The first-order valence-corrected chi connectivity index (χ1v) is 5.77. The molecule has 1 saturated heterocycles. The van der Waals surface area contributed by atoms with Crippen molar-refractivity contribution in [2.45, 2.75) is 5.66 Å². The van der Waals surface area contributed by atoms with Crippen LogP contribution in [0.15, 0.2) is 24.3 Å². The van der Waals surface area contributed by atoms with Crippen LogP contribution in [0.5, 0.6) is 5.75 Å². The summed E-state index contributed by atoms with van der Waals surface area (Å²) < 4.78 is 0. The molecular weight excluding hydrogens is 216 g/mol. The van der Waals surface area contributed by atoms with E-state index in [9.17, 15) is 5.11 Å². The number of nitrogens with one attached hydrogen (secondary N) is 3. The van der Waals surface area contributed by atoms with Crippen LogP contribution in [0.4, 0.5) is 0 Å². The molecule has 1 fully saturated rings. The topological polar surface area (TPSA) is 59.6 Å². The van der Waals surface area contributed by atoms with Crippen molar-refractivity contribution in [2.24, 2.45) is 0 Å². The maximum absolute atomic E-state index is 9.36. The molecular formula is C12H20N4O. The Morgan fingerprint density at radius 3 is 2.29 bits per heavy atom. The van der Waals surface area contributed by atoms with E-state index in [-0.39, 0.29) is 5.66 Å². The molecule has 0 aliphatic carbocycles. The number of phenolic OH excluding ortho intramolecular Hbond substituents is 1. The molecule has 1 aromatic rings. The van der Waals surface area contributed by atoms with Crippen LogP contribution in [0, 0.1) is 0 Å². The van der Waals surface area contributed by atoms with Gasteiger partial charge in [0.2, 0.25) is 0 Å². The molecule has 0 unspecified atom stereocenters. The molecule has 5 heteroatoms. The van der Waals surface area contributed by atoms with E-state index in [2.05, 4.69) is 20.9 Å². The molecule has 0 aromatic heterocycles. The highest BCUT2D eigenvalue weighted by molar-refractivity contribution is 5.31. The highest BCUT2D eigenvalue weighted by atomic mass is 16.3. The number of nitrogens with zero attached hydrogens (tertiary/aromatic N) is 1. The lowest BCUT2D eigenvalue weighted by molar-refractivity contribution is 0.151. The van der Waals surface area contributed by atoms with Crippen molar-refractivity contribution in [3.05, 3.63) is 29.8 Å². The van der Waals surface area contributed by atoms with Crippen LogP contribution in [0.2, 0.25) is 0 Å². The summed E-state index contributed by atoms with van der Waals surface area (Å²) >= 11 is 0. The first-order chi connectivity index (χ1) is 8.12. The second-order valence-electron chi connectivity index (χ2n) is 4.65. The van der Waals surface area contributed by atoms with E-state index in [4.69, 9.17) is 0 Å². The van der Waals surface area contributed by atoms with Gasteiger partial charge in [0.25, 0.3) is 0 Å². The lowest BCUT2D eigenvalue weighted by Crippen LogP contribution is -2.67. The number of hydrogen-bond donors (Lipinski definition) is 4. The van der Waals surface area contributed by atoms with Crippen molar-refractivity contribution in [1.82, 2.24) is 20.9 Å². The van der Waals surface area contributed by atoms with Crippen molar-refractivity contribution in [3.63, 3.8) is 0 Å². The van der Waals surface area contributed by atoms with Gasteiger partial charge in [-0.2, -0.15) is 0 Å². The van der Waals surface area contributed by atoms with E-state index in [0.29, 0.717) is 5.75 Å². The molecule has 0 saturated carbocycles. The second kappa shape index (κ2) is 5.01. The normalized spacial score (nSPS) is 19.5. The molecule has 2 rings (SSSR count). The Kier molecular flexibility index (Phi) is 3.63. The van der Waals surface area contributed by atoms with E-state index in [0.717, 1.165) is 25.4 Å². The summed E-state index contributed by atoms with van der Waals surface area (Å²) in [4.78, 5) is 2.14. The third kappa shape index (κ3) is 2.76. The van der Waals surface area contributed by atoms with Gasteiger partial charge in [-0.1, -0.05) is 12.1 Å². The summed E-state index contributed by atoms with van der Waals surface area (Å²) in [6.45, 7) is 2.38. The largest absolute Gasteiger partial charge is 0.508 e. The van der Waals surface area contributed by atoms with Crippen LogP contribution in [-0.4, -0.2) is 44.0 Å².